The van der Waals surface area contributed by atoms with E-state index >= 15 is 0 Å². The molecule has 7 nitrogen and oxygen atoms in total. The molecule has 0 aliphatic rings. The lowest BCUT2D eigenvalue weighted by Gasteiger charge is -2.27. The summed E-state index contributed by atoms with van der Waals surface area (Å²) in [4.78, 5) is 9.87. The van der Waals surface area contributed by atoms with Gasteiger partial charge in [0, 0.05) is 19.2 Å². The Balaban J connectivity index is 3.29. The lowest BCUT2D eigenvalue weighted by Crippen LogP contribution is -2.42. The third-order valence-corrected chi connectivity index (χ3v) is 4.90. The first-order valence-corrected chi connectivity index (χ1v) is 7.97. The summed E-state index contributed by atoms with van der Waals surface area (Å²) in [5.41, 5.74) is -1.70. The second kappa shape index (κ2) is 6.27. The lowest BCUT2D eigenvalue weighted by atomic mass is 10.1. The fourth-order valence-corrected chi connectivity index (χ4v) is 3.55. The SMILES string of the molecule is CCN(CC(C)(C)O)S(=O)(=O)c1ccc(Cl)c([N+](=O)[O-])c1. The average Bonchev–Trinajstić information content (AvgIpc) is 2.34. The van der Waals surface area contributed by atoms with Gasteiger partial charge in [0.15, 0.2) is 0 Å². The molecular formula is C12H17ClN2O5S. The highest BCUT2D eigenvalue weighted by Crippen LogP contribution is 2.28. The van der Waals surface area contributed by atoms with E-state index in [4.69, 9.17) is 11.6 Å². The zero-order valence-electron chi connectivity index (χ0n) is 11.9. The Hall–Kier alpha value is -1.22. The van der Waals surface area contributed by atoms with Gasteiger partial charge in [0.25, 0.3) is 5.69 Å². The minimum absolute atomic E-state index is 0.123. The number of nitrogens with zero attached hydrogens (tertiary/aromatic N) is 2. The summed E-state index contributed by atoms with van der Waals surface area (Å²) in [6.45, 7) is 4.59. The zero-order chi connectivity index (χ0) is 16.4. The second-order valence-corrected chi connectivity index (χ2v) is 7.46. The van der Waals surface area contributed by atoms with Crippen molar-refractivity contribution < 1.29 is 18.4 Å². The molecule has 0 amide bonds. The number of halogens is 1. The van der Waals surface area contributed by atoms with Crippen molar-refractivity contribution in [1.29, 1.82) is 0 Å². The topological polar surface area (TPSA) is 101 Å². The van der Waals surface area contributed by atoms with Gasteiger partial charge < -0.3 is 5.11 Å². The largest absolute Gasteiger partial charge is 0.389 e. The number of rotatable bonds is 6. The van der Waals surface area contributed by atoms with Crippen LogP contribution in [0.4, 0.5) is 5.69 Å². The summed E-state index contributed by atoms with van der Waals surface area (Å²) < 4.78 is 26.0. The molecule has 0 aliphatic heterocycles. The highest BCUT2D eigenvalue weighted by molar-refractivity contribution is 7.89. The van der Waals surface area contributed by atoms with Crippen molar-refractivity contribution in [2.45, 2.75) is 31.3 Å². The first-order chi connectivity index (χ1) is 9.49. The lowest BCUT2D eigenvalue weighted by molar-refractivity contribution is -0.384. The van der Waals surface area contributed by atoms with Gasteiger partial charge in [0.05, 0.1) is 15.4 Å². The number of nitro groups is 1. The van der Waals surface area contributed by atoms with E-state index in [0.29, 0.717) is 0 Å². The highest BCUT2D eigenvalue weighted by Gasteiger charge is 2.30. The fraction of sp³-hybridized carbons (Fsp3) is 0.500. The van der Waals surface area contributed by atoms with E-state index < -0.39 is 26.2 Å². The van der Waals surface area contributed by atoms with Crippen LogP contribution in [0.3, 0.4) is 0 Å². The van der Waals surface area contributed by atoms with Crippen LogP contribution < -0.4 is 0 Å². The summed E-state index contributed by atoms with van der Waals surface area (Å²) >= 11 is 5.67. The maximum absolute atomic E-state index is 12.5. The molecule has 0 aromatic heterocycles. The Morgan fingerprint density at radius 3 is 2.43 bits per heavy atom. The number of nitro benzene ring substituents is 1. The van der Waals surface area contributed by atoms with Gasteiger partial charge >= 0.3 is 0 Å². The Bertz CT molecular complexity index is 640. The molecule has 0 atom stereocenters. The summed E-state index contributed by atoms with van der Waals surface area (Å²) in [7, 11) is -3.95. The quantitative estimate of drug-likeness (QED) is 0.632. The molecule has 0 saturated heterocycles. The molecule has 0 spiro atoms. The van der Waals surface area contributed by atoms with Crippen molar-refractivity contribution in [1.82, 2.24) is 4.31 Å². The van der Waals surface area contributed by atoms with Crippen LogP contribution in [-0.4, -0.2) is 41.4 Å². The number of likely N-dealkylation sites (N-methyl/N-ethyl adjacent to an activating group) is 1. The van der Waals surface area contributed by atoms with Gasteiger partial charge in [-0.1, -0.05) is 18.5 Å². The van der Waals surface area contributed by atoms with E-state index in [2.05, 4.69) is 0 Å². The minimum Gasteiger partial charge on any atom is -0.389 e. The van der Waals surface area contributed by atoms with E-state index in [1.165, 1.54) is 26.0 Å². The predicted octanol–water partition coefficient (Wildman–Crippen LogP) is 2.03. The number of benzene rings is 1. The molecular weight excluding hydrogens is 320 g/mol. The third-order valence-electron chi connectivity index (χ3n) is 2.67. The van der Waals surface area contributed by atoms with Gasteiger partial charge in [-0.15, -0.1) is 0 Å². The van der Waals surface area contributed by atoms with Crippen molar-refractivity contribution in [3.05, 3.63) is 33.3 Å². The van der Waals surface area contributed by atoms with Crippen LogP contribution >= 0.6 is 11.6 Å². The van der Waals surface area contributed by atoms with Crippen molar-refractivity contribution in [2.24, 2.45) is 0 Å². The molecule has 1 rings (SSSR count). The molecule has 1 aromatic carbocycles. The highest BCUT2D eigenvalue weighted by atomic mass is 35.5. The Kier molecular flexibility index (Phi) is 5.32. The molecule has 1 aromatic rings. The summed E-state index contributed by atoms with van der Waals surface area (Å²) in [5.74, 6) is 0. The molecule has 9 heteroatoms. The maximum Gasteiger partial charge on any atom is 0.289 e. The molecule has 0 saturated carbocycles. The van der Waals surface area contributed by atoms with Gasteiger partial charge in [-0.05, 0) is 26.0 Å². The monoisotopic (exact) mass is 336 g/mol. The Labute approximate surface area is 128 Å². The van der Waals surface area contributed by atoms with Crippen molar-refractivity contribution in [3.63, 3.8) is 0 Å². The van der Waals surface area contributed by atoms with Gasteiger partial charge in [-0.3, -0.25) is 10.1 Å². The molecule has 1 N–H and O–H groups in total. The van der Waals surface area contributed by atoms with Crippen molar-refractivity contribution in [3.8, 4) is 0 Å². The predicted molar refractivity (Wildman–Crippen MR) is 78.8 cm³/mol. The molecule has 21 heavy (non-hydrogen) atoms. The molecule has 0 heterocycles. The van der Waals surface area contributed by atoms with Crippen LogP contribution in [-0.2, 0) is 10.0 Å². The molecule has 0 bridgehead atoms. The van der Waals surface area contributed by atoms with Crippen LogP contribution in [0.15, 0.2) is 23.1 Å². The van der Waals surface area contributed by atoms with E-state index in [9.17, 15) is 23.6 Å². The normalized spacial score (nSPS) is 12.7. The third kappa shape index (κ3) is 4.37. The number of sulfonamides is 1. The van der Waals surface area contributed by atoms with Gasteiger partial charge in [-0.25, -0.2) is 8.42 Å². The van der Waals surface area contributed by atoms with Crippen LogP contribution in [0.2, 0.25) is 5.02 Å². The Morgan fingerprint density at radius 1 is 1.43 bits per heavy atom. The standard InChI is InChI=1S/C12H17ClN2O5S/c1-4-14(8-12(2,3)16)21(19,20)9-5-6-10(13)11(7-9)15(17)18/h5-7,16H,4,8H2,1-3H3. The smallest absolute Gasteiger partial charge is 0.289 e. The second-order valence-electron chi connectivity index (χ2n) is 5.11. The van der Waals surface area contributed by atoms with Crippen molar-refractivity contribution >= 4 is 27.3 Å². The van der Waals surface area contributed by atoms with Gasteiger partial charge in [0.1, 0.15) is 5.02 Å². The van der Waals surface area contributed by atoms with Crippen LogP contribution in [0.1, 0.15) is 20.8 Å². The number of aliphatic hydroxyl groups is 1. The number of hydrogen-bond acceptors (Lipinski definition) is 5. The summed E-state index contributed by atoms with van der Waals surface area (Å²) in [6, 6.07) is 3.30. The molecule has 118 valence electrons. The van der Waals surface area contributed by atoms with Crippen LogP contribution in [0, 0.1) is 10.1 Å². The maximum atomic E-state index is 12.5. The first-order valence-electron chi connectivity index (χ1n) is 6.15. The van der Waals surface area contributed by atoms with E-state index in [1.54, 1.807) is 6.92 Å². The van der Waals surface area contributed by atoms with E-state index in [0.717, 1.165) is 10.4 Å². The molecule has 0 radical (unpaired) electrons. The number of hydrogen-bond donors (Lipinski definition) is 1. The van der Waals surface area contributed by atoms with E-state index in [1.807, 2.05) is 0 Å². The molecule has 0 aliphatic carbocycles. The zero-order valence-corrected chi connectivity index (χ0v) is 13.5. The molecule has 0 fully saturated rings. The van der Waals surface area contributed by atoms with Crippen LogP contribution in [0.25, 0.3) is 0 Å². The van der Waals surface area contributed by atoms with Gasteiger partial charge in [-0.2, -0.15) is 4.31 Å². The fourth-order valence-electron chi connectivity index (χ4n) is 1.74. The first kappa shape index (κ1) is 17.8. The summed E-state index contributed by atoms with van der Waals surface area (Å²) in [6.07, 6.45) is 0. The molecule has 0 unspecified atom stereocenters. The van der Waals surface area contributed by atoms with Crippen molar-refractivity contribution in [2.75, 3.05) is 13.1 Å². The van der Waals surface area contributed by atoms with Crippen LogP contribution in [0.5, 0.6) is 0 Å². The van der Waals surface area contributed by atoms with Gasteiger partial charge in [0.2, 0.25) is 10.0 Å². The average molecular weight is 337 g/mol. The minimum atomic E-state index is -3.95. The van der Waals surface area contributed by atoms with E-state index in [-0.39, 0.29) is 23.0 Å². The Morgan fingerprint density at radius 2 is 2.00 bits per heavy atom. The summed E-state index contributed by atoms with van der Waals surface area (Å²) in [5, 5.41) is 20.5.